The maximum atomic E-state index is 6.14. The van der Waals surface area contributed by atoms with E-state index in [1.54, 1.807) is 0 Å². The molecule has 0 aromatic carbocycles. The number of hydrogen-bond acceptors (Lipinski definition) is 0. The van der Waals surface area contributed by atoms with Crippen LogP contribution in [0.2, 0.25) is 0 Å². The van der Waals surface area contributed by atoms with Gasteiger partial charge in [0, 0.05) is 0 Å². The molecule has 0 heterocycles. The van der Waals surface area contributed by atoms with Crippen LogP contribution >= 0.6 is 0 Å². The Bertz CT molecular complexity index is 211. The van der Waals surface area contributed by atoms with Crippen molar-refractivity contribution in [3.8, 4) is 0 Å². The Labute approximate surface area is 156 Å². The lowest BCUT2D eigenvalue weighted by molar-refractivity contribution is 3.31. The molecule has 0 N–H and O–H groups in total. The van der Waals surface area contributed by atoms with Gasteiger partial charge in [-0.3, -0.25) is 0 Å². The molecule has 0 fully saturated rings. The standard InChI is InChI=1S/B22H3/c1-13(2)19(14(3)4)22(20(15(5)6)16(7)8)21(17(9)10)18(11)12/h1H3/q-1. The van der Waals surface area contributed by atoms with E-state index in [1.165, 1.54) is 0 Å². The minimum Gasteiger partial charge on any atom is -0.128 e. The average molecular weight is 241 g/mol. The Morgan fingerprint density at radius 1 is 0.364 bits per heavy atom. The summed E-state index contributed by atoms with van der Waals surface area (Å²) in [5.74, 6) is 0. The van der Waals surface area contributed by atoms with E-state index in [4.69, 9.17) is 85.1 Å². The fraction of sp³-hybridized carbons (Fsp3) is 0. The zero-order valence-corrected chi connectivity index (χ0v) is 12.1. The molecule has 0 nitrogen and oxygen atoms in total. The smallest absolute Gasteiger partial charge is 0.0000000126 e. The maximum Gasteiger partial charge on any atom is -0.0000000126 e. The Balaban J connectivity index is 6.03. The van der Waals surface area contributed by atoms with Gasteiger partial charge in [-0.05, 0) is 143 Å². The van der Waals surface area contributed by atoms with Crippen molar-refractivity contribution >= 4 is 157 Å². The third-order valence-electron chi connectivity index (χ3n) is 3.78. The van der Waals surface area contributed by atoms with E-state index in [0.717, 1.165) is 0 Å². The minimum absolute atomic E-state index is 0.176. The van der Waals surface area contributed by atoms with Gasteiger partial charge in [0.1, 0.15) is 0 Å². The van der Waals surface area contributed by atoms with Gasteiger partial charge in [-0.2, -0.15) is 0 Å². The van der Waals surface area contributed by atoms with E-state index in [1.807, 2.05) is 0 Å². The summed E-state index contributed by atoms with van der Waals surface area (Å²) in [6.07, 6.45) is -6.31. The first-order valence-electron chi connectivity index (χ1n) is 6.67. The van der Waals surface area contributed by atoms with Crippen molar-refractivity contribution in [2.75, 3.05) is 0 Å². The molecule has 70 valence electrons. The van der Waals surface area contributed by atoms with Gasteiger partial charge in [-0.1, -0.05) is 7.74 Å². The summed E-state index contributed by atoms with van der Waals surface area (Å²) in [6, 6.07) is 0. The van der Waals surface area contributed by atoms with Crippen molar-refractivity contribution in [3.63, 3.8) is 0 Å². The second-order valence-corrected chi connectivity index (χ2v) is 5.39. The van der Waals surface area contributed by atoms with Crippen LogP contribution in [0.25, 0.3) is 0 Å². The SMILES string of the molecule is [B]B([B])B(B([B])[B])B(B(B([B])[B])B([B])[B])B(B([B])[B])B([B])[BH3-]. The summed E-state index contributed by atoms with van der Waals surface area (Å²) >= 11 is 0. The minimum atomic E-state index is -0.843. The van der Waals surface area contributed by atoms with Crippen LogP contribution < -0.4 is 0 Å². The van der Waals surface area contributed by atoms with Crippen LogP contribution in [0.4, 0.5) is 0 Å². The highest BCUT2D eigenvalue weighted by Gasteiger charge is 2.45. The quantitative estimate of drug-likeness (QED) is 0.352. The molecule has 0 aliphatic rings. The summed E-state index contributed by atoms with van der Waals surface area (Å²) in [5, 5.41) is 0. The molecule has 22 radical (unpaired) electrons. The molecule has 0 saturated heterocycles. The Morgan fingerprint density at radius 3 is 0.727 bits per heavy atom. The fourth-order valence-electron chi connectivity index (χ4n) is 2.82. The lowest BCUT2D eigenvalue weighted by atomic mass is 8.36. The first kappa shape index (κ1) is 23.4. The molecule has 0 unspecified atom stereocenters. The van der Waals surface area contributed by atoms with Crippen molar-refractivity contribution in [3.05, 3.63) is 0 Å². The second kappa shape index (κ2) is 10.4. The largest absolute Gasteiger partial charge is 0.128 e. The van der Waals surface area contributed by atoms with Gasteiger partial charge in [-0.25, -0.2) is 0 Å². The summed E-state index contributed by atoms with van der Waals surface area (Å²) in [7, 11) is 64.6. The van der Waals surface area contributed by atoms with Gasteiger partial charge in [0.25, 0.3) is 0 Å². The molecular formula is H3B22-. The van der Waals surface area contributed by atoms with Crippen LogP contribution in [-0.4, -0.2) is 157 Å². The zero-order valence-electron chi connectivity index (χ0n) is 12.1. The Kier molecular flexibility index (Phi) is 11.1. The molecule has 0 rings (SSSR count). The van der Waals surface area contributed by atoms with Gasteiger partial charge in [0.2, 0.25) is 0 Å². The van der Waals surface area contributed by atoms with Gasteiger partial charge >= 0.3 is 0 Å². The first-order valence-corrected chi connectivity index (χ1v) is 6.67. The summed E-state index contributed by atoms with van der Waals surface area (Å²) in [4.78, 5) is 0. The summed E-state index contributed by atoms with van der Waals surface area (Å²) < 4.78 is 0. The lowest BCUT2D eigenvalue weighted by Crippen LogP contribution is -2.83. The van der Waals surface area contributed by atoms with Gasteiger partial charge in [0.05, 0.1) is 0 Å². The van der Waals surface area contributed by atoms with Crippen molar-refractivity contribution in [1.29, 1.82) is 0 Å². The van der Waals surface area contributed by atoms with Crippen LogP contribution in [0.3, 0.4) is 0 Å². The molecule has 0 aromatic rings. The average Bonchev–Trinajstić information content (AvgIpc) is 2.24. The topological polar surface area (TPSA) is 0 Å². The van der Waals surface area contributed by atoms with Gasteiger partial charge in [-0.15, -0.1) is 6.39 Å². The molecule has 0 bridgehead atoms. The predicted octanol–water partition coefficient (Wildman–Crippen LogP) is -9.18. The van der Waals surface area contributed by atoms with Crippen LogP contribution in [-0.2, 0) is 0 Å². The summed E-state index contributed by atoms with van der Waals surface area (Å²) in [6.45, 7) is 0. The Morgan fingerprint density at radius 2 is 0.591 bits per heavy atom. The monoisotopic (exact) mass is 245 g/mol. The maximum absolute atomic E-state index is 6.14. The molecule has 0 spiro atoms. The predicted molar refractivity (Wildman–Crippen MR) is 131 cm³/mol. The van der Waals surface area contributed by atoms with E-state index in [-0.39, 0.29) is 20.5 Å². The van der Waals surface area contributed by atoms with Crippen LogP contribution in [0, 0.1) is 0 Å². The van der Waals surface area contributed by atoms with E-state index in [2.05, 4.69) is 0 Å². The second-order valence-electron chi connectivity index (χ2n) is 5.39. The Hall–Kier alpha value is 1.43. The molecule has 22 heavy (non-hydrogen) atoms. The van der Waals surface area contributed by atoms with E-state index >= 15 is 0 Å². The van der Waals surface area contributed by atoms with Crippen molar-refractivity contribution in [2.45, 2.75) is 0 Å². The molecule has 0 aromatic heterocycles. The highest BCUT2D eigenvalue weighted by Crippen LogP contribution is 2.08. The lowest BCUT2D eigenvalue weighted by Gasteiger charge is -2.46. The third-order valence-corrected chi connectivity index (χ3v) is 3.78. The molecular weight excluding hydrogens is 238 g/mol. The van der Waals surface area contributed by atoms with E-state index in [9.17, 15) is 0 Å². The normalized spacial score (nSPS) is 9.32. The molecule has 0 saturated carbocycles. The van der Waals surface area contributed by atoms with Crippen LogP contribution in [0.1, 0.15) is 0 Å². The van der Waals surface area contributed by atoms with Crippen LogP contribution in [0.5, 0.6) is 0 Å². The number of hydrogen-bond donors (Lipinski definition) is 0. The first-order chi connectivity index (χ1) is 9.93. The highest BCUT2D eigenvalue weighted by atomic mass is 13.3. The highest BCUT2D eigenvalue weighted by molar-refractivity contribution is 8.22. The molecule has 0 amide bonds. The van der Waals surface area contributed by atoms with E-state index < -0.39 is 51.1 Å². The van der Waals surface area contributed by atoms with Gasteiger partial charge < -0.3 is 0 Å². The molecule has 22 heteroatoms. The van der Waals surface area contributed by atoms with Crippen molar-refractivity contribution in [2.24, 2.45) is 0 Å². The van der Waals surface area contributed by atoms with Crippen molar-refractivity contribution in [1.82, 2.24) is 0 Å². The number of rotatable bonds is 9. The molecule has 0 atom stereocenters. The van der Waals surface area contributed by atoms with E-state index in [0.29, 0.717) is 0 Å². The fourth-order valence-corrected chi connectivity index (χ4v) is 2.82. The van der Waals surface area contributed by atoms with Gasteiger partial charge in [0.15, 0.2) is 0 Å². The zero-order chi connectivity index (χ0) is 17.8. The third kappa shape index (κ3) is 6.38. The van der Waals surface area contributed by atoms with Crippen LogP contribution in [0.15, 0.2) is 0 Å². The van der Waals surface area contributed by atoms with Crippen molar-refractivity contribution < 1.29 is 0 Å². The summed E-state index contributed by atoms with van der Waals surface area (Å²) in [5.41, 5.74) is 0. The molecule has 0 aliphatic carbocycles. The molecule has 0 aliphatic heterocycles.